The molecule has 1 unspecified atom stereocenters. The Morgan fingerprint density at radius 1 is 1.18 bits per heavy atom. The SMILES string of the molecule is CCCc1cnc(C)nc1N1CCC(N2CCCC(C(=O)NC3CC3)C2)CC1. The van der Waals surface area contributed by atoms with Crippen LogP contribution in [0.1, 0.15) is 63.3 Å². The lowest BCUT2D eigenvalue weighted by Gasteiger charge is -2.42. The van der Waals surface area contributed by atoms with Gasteiger partial charge in [0.1, 0.15) is 11.6 Å². The van der Waals surface area contributed by atoms with Crippen molar-refractivity contribution in [1.29, 1.82) is 0 Å². The molecule has 28 heavy (non-hydrogen) atoms. The lowest BCUT2D eigenvalue weighted by molar-refractivity contribution is -0.127. The average Bonchev–Trinajstić information content (AvgIpc) is 3.54. The number of hydrogen-bond acceptors (Lipinski definition) is 5. The third-order valence-electron chi connectivity index (χ3n) is 6.51. The van der Waals surface area contributed by atoms with Gasteiger partial charge in [-0.1, -0.05) is 13.3 Å². The van der Waals surface area contributed by atoms with E-state index in [1.807, 2.05) is 13.1 Å². The highest BCUT2D eigenvalue weighted by Crippen LogP contribution is 2.28. The van der Waals surface area contributed by atoms with E-state index in [0.717, 1.165) is 76.3 Å². The number of nitrogens with one attached hydrogen (secondary N) is 1. The third kappa shape index (κ3) is 4.65. The van der Waals surface area contributed by atoms with Crippen LogP contribution in [0.5, 0.6) is 0 Å². The van der Waals surface area contributed by atoms with E-state index in [0.29, 0.717) is 18.0 Å². The van der Waals surface area contributed by atoms with Gasteiger partial charge in [0, 0.05) is 43.5 Å². The average molecular weight is 386 g/mol. The predicted octanol–water partition coefficient (Wildman–Crippen LogP) is 2.70. The first-order valence-electron chi connectivity index (χ1n) is 11.3. The molecule has 0 radical (unpaired) electrons. The summed E-state index contributed by atoms with van der Waals surface area (Å²) in [5.41, 5.74) is 1.28. The maximum Gasteiger partial charge on any atom is 0.224 e. The number of carbonyl (C=O) groups excluding carboxylic acids is 1. The lowest BCUT2D eigenvalue weighted by Crippen LogP contribution is -2.51. The summed E-state index contributed by atoms with van der Waals surface area (Å²) in [5.74, 6) is 2.49. The Morgan fingerprint density at radius 2 is 1.96 bits per heavy atom. The van der Waals surface area contributed by atoms with Crippen molar-refractivity contribution in [2.24, 2.45) is 5.92 Å². The van der Waals surface area contributed by atoms with Crippen LogP contribution in [0.25, 0.3) is 0 Å². The molecule has 1 atom stereocenters. The number of hydrogen-bond donors (Lipinski definition) is 1. The number of piperidine rings is 2. The van der Waals surface area contributed by atoms with E-state index in [9.17, 15) is 4.79 Å². The first-order chi connectivity index (χ1) is 13.6. The summed E-state index contributed by atoms with van der Waals surface area (Å²) in [6.45, 7) is 8.37. The molecule has 154 valence electrons. The molecule has 6 nitrogen and oxygen atoms in total. The summed E-state index contributed by atoms with van der Waals surface area (Å²) in [5, 5.41) is 3.21. The zero-order valence-corrected chi connectivity index (χ0v) is 17.5. The van der Waals surface area contributed by atoms with Gasteiger partial charge >= 0.3 is 0 Å². The fraction of sp³-hybridized carbons (Fsp3) is 0.773. The van der Waals surface area contributed by atoms with Crippen LogP contribution in [0.4, 0.5) is 5.82 Å². The zero-order chi connectivity index (χ0) is 19.5. The van der Waals surface area contributed by atoms with E-state index in [1.54, 1.807) is 0 Å². The Hall–Kier alpha value is -1.69. The molecular weight excluding hydrogens is 350 g/mol. The quantitative estimate of drug-likeness (QED) is 0.816. The van der Waals surface area contributed by atoms with Crippen LogP contribution in [0, 0.1) is 12.8 Å². The first kappa shape index (κ1) is 19.6. The number of aryl methyl sites for hydroxylation is 2. The molecule has 4 rings (SSSR count). The van der Waals surface area contributed by atoms with Crippen LogP contribution in [-0.2, 0) is 11.2 Å². The molecule has 0 aromatic carbocycles. The molecule has 0 spiro atoms. The summed E-state index contributed by atoms with van der Waals surface area (Å²) in [6.07, 6.45) is 11.0. The number of rotatable bonds is 6. The highest BCUT2D eigenvalue weighted by atomic mass is 16.2. The van der Waals surface area contributed by atoms with E-state index in [1.165, 1.54) is 18.4 Å². The summed E-state index contributed by atoms with van der Waals surface area (Å²) >= 11 is 0. The van der Waals surface area contributed by atoms with Crippen LogP contribution in [0.2, 0.25) is 0 Å². The molecule has 2 aliphatic heterocycles. The molecule has 3 fully saturated rings. The van der Waals surface area contributed by atoms with Gasteiger partial charge in [-0.2, -0.15) is 0 Å². The second-order valence-electron chi connectivity index (χ2n) is 8.85. The Morgan fingerprint density at radius 3 is 2.68 bits per heavy atom. The van der Waals surface area contributed by atoms with E-state index < -0.39 is 0 Å². The van der Waals surface area contributed by atoms with Crippen molar-refractivity contribution < 1.29 is 4.79 Å². The topological polar surface area (TPSA) is 61.4 Å². The summed E-state index contributed by atoms with van der Waals surface area (Å²) in [4.78, 5) is 26.7. The molecule has 6 heteroatoms. The van der Waals surface area contributed by atoms with Crippen molar-refractivity contribution in [3.8, 4) is 0 Å². The largest absolute Gasteiger partial charge is 0.356 e. The fourth-order valence-electron chi connectivity index (χ4n) is 4.74. The molecule has 3 heterocycles. The van der Waals surface area contributed by atoms with Crippen LogP contribution in [-0.4, -0.2) is 59.0 Å². The normalized spacial score (nSPS) is 24.4. The van der Waals surface area contributed by atoms with Crippen LogP contribution < -0.4 is 10.2 Å². The standard InChI is InChI=1S/C22H35N5O/c1-3-5-17-14-23-16(2)24-21(17)26-12-9-20(10-13-26)27-11-4-6-18(15-27)22(28)25-19-7-8-19/h14,18-20H,3-13,15H2,1-2H3,(H,25,28). The lowest BCUT2D eigenvalue weighted by atomic mass is 9.93. The summed E-state index contributed by atoms with van der Waals surface area (Å²) in [7, 11) is 0. The highest BCUT2D eigenvalue weighted by Gasteiger charge is 2.34. The molecule has 1 aliphatic carbocycles. The summed E-state index contributed by atoms with van der Waals surface area (Å²) < 4.78 is 0. The number of carbonyl (C=O) groups is 1. The van der Waals surface area contributed by atoms with Gasteiger partial charge in [-0.25, -0.2) is 9.97 Å². The van der Waals surface area contributed by atoms with Crippen molar-refractivity contribution in [3.63, 3.8) is 0 Å². The minimum atomic E-state index is 0.188. The zero-order valence-electron chi connectivity index (χ0n) is 17.5. The van der Waals surface area contributed by atoms with Crippen molar-refractivity contribution >= 4 is 11.7 Å². The van der Waals surface area contributed by atoms with Crippen molar-refractivity contribution in [2.75, 3.05) is 31.1 Å². The molecule has 3 aliphatic rings. The number of anilines is 1. The van der Waals surface area contributed by atoms with Crippen molar-refractivity contribution in [1.82, 2.24) is 20.2 Å². The third-order valence-corrected chi connectivity index (χ3v) is 6.51. The first-order valence-corrected chi connectivity index (χ1v) is 11.3. The Labute approximate surface area is 169 Å². The number of aromatic nitrogens is 2. The Bertz CT molecular complexity index is 682. The maximum absolute atomic E-state index is 12.5. The van der Waals surface area contributed by atoms with E-state index in [-0.39, 0.29) is 5.92 Å². The highest BCUT2D eigenvalue weighted by molar-refractivity contribution is 5.79. The molecule has 1 aromatic rings. The van der Waals surface area contributed by atoms with Gasteiger partial charge in [-0.3, -0.25) is 9.69 Å². The Kier molecular flexibility index (Phi) is 6.14. The minimum Gasteiger partial charge on any atom is -0.356 e. The number of likely N-dealkylation sites (tertiary alicyclic amines) is 1. The van der Waals surface area contributed by atoms with Gasteiger partial charge in [0.2, 0.25) is 5.91 Å². The smallest absolute Gasteiger partial charge is 0.224 e. The fourth-order valence-corrected chi connectivity index (χ4v) is 4.74. The monoisotopic (exact) mass is 385 g/mol. The van der Waals surface area contributed by atoms with Crippen LogP contribution in [0.3, 0.4) is 0 Å². The molecule has 1 saturated carbocycles. The van der Waals surface area contributed by atoms with Gasteiger partial charge in [-0.15, -0.1) is 0 Å². The predicted molar refractivity (Wildman–Crippen MR) is 111 cm³/mol. The van der Waals surface area contributed by atoms with Crippen molar-refractivity contribution in [3.05, 3.63) is 17.6 Å². The van der Waals surface area contributed by atoms with E-state index in [2.05, 4.69) is 27.0 Å². The second-order valence-corrected chi connectivity index (χ2v) is 8.85. The molecule has 1 N–H and O–H groups in total. The van der Waals surface area contributed by atoms with Crippen LogP contribution in [0.15, 0.2) is 6.20 Å². The van der Waals surface area contributed by atoms with Gasteiger partial charge in [-0.05, 0) is 58.4 Å². The Balaban J connectivity index is 1.33. The van der Waals surface area contributed by atoms with E-state index in [4.69, 9.17) is 4.98 Å². The summed E-state index contributed by atoms with van der Waals surface area (Å²) in [6, 6.07) is 1.07. The number of amides is 1. The molecule has 1 amide bonds. The van der Waals surface area contributed by atoms with E-state index >= 15 is 0 Å². The van der Waals surface area contributed by atoms with Gasteiger partial charge in [0.25, 0.3) is 0 Å². The maximum atomic E-state index is 12.5. The molecule has 2 saturated heterocycles. The molecule has 0 bridgehead atoms. The molecular formula is C22H35N5O. The van der Waals surface area contributed by atoms with Crippen LogP contribution >= 0.6 is 0 Å². The van der Waals surface area contributed by atoms with Gasteiger partial charge < -0.3 is 10.2 Å². The van der Waals surface area contributed by atoms with Gasteiger partial charge in [0.05, 0.1) is 5.92 Å². The molecule has 1 aromatic heterocycles. The van der Waals surface area contributed by atoms with Crippen molar-refractivity contribution in [2.45, 2.75) is 77.3 Å². The minimum absolute atomic E-state index is 0.188. The second kappa shape index (κ2) is 8.76. The number of nitrogens with zero attached hydrogens (tertiary/aromatic N) is 4. The van der Waals surface area contributed by atoms with Gasteiger partial charge in [0.15, 0.2) is 0 Å².